The van der Waals surface area contributed by atoms with E-state index in [-0.39, 0.29) is 5.91 Å². The minimum atomic E-state index is -0.208. The van der Waals surface area contributed by atoms with Crippen molar-refractivity contribution in [1.82, 2.24) is 4.98 Å². The number of benzene rings is 2. The summed E-state index contributed by atoms with van der Waals surface area (Å²) in [5.41, 5.74) is 4.20. The number of nitrogens with one attached hydrogen (secondary N) is 2. The smallest absolute Gasteiger partial charge is 0.257 e. The number of rotatable bonds is 7. The molecule has 2 aromatic carbocycles. The van der Waals surface area contributed by atoms with Gasteiger partial charge < -0.3 is 10.6 Å². The standard InChI is InChI=1S/C22H22ClN3O/c1-16-20(23)10-5-11-21(16)26-22(27)18-13-19(15-24-14-18)25-12-6-9-17-7-3-2-4-8-17/h2-5,7-8,10-11,13-15,25H,6,9,12H2,1H3,(H,26,27). The minimum Gasteiger partial charge on any atom is -0.384 e. The molecule has 0 aliphatic rings. The Hall–Kier alpha value is -2.85. The second-order valence-electron chi connectivity index (χ2n) is 6.34. The lowest BCUT2D eigenvalue weighted by atomic mass is 10.1. The zero-order valence-corrected chi connectivity index (χ0v) is 16.0. The number of hydrogen-bond acceptors (Lipinski definition) is 3. The summed E-state index contributed by atoms with van der Waals surface area (Å²) in [5, 5.41) is 6.85. The van der Waals surface area contributed by atoms with E-state index in [4.69, 9.17) is 11.6 Å². The first-order valence-electron chi connectivity index (χ1n) is 8.93. The first-order valence-corrected chi connectivity index (χ1v) is 9.30. The second-order valence-corrected chi connectivity index (χ2v) is 6.75. The number of hydrogen-bond donors (Lipinski definition) is 2. The first kappa shape index (κ1) is 18.9. The predicted octanol–water partition coefficient (Wildman–Crippen LogP) is 5.34. The largest absolute Gasteiger partial charge is 0.384 e. The molecule has 0 unspecified atom stereocenters. The zero-order valence-electron chi connectivity index (χ0n) is 15.2. The molecule has 0 bridgehead atoms. The molecule has 0 aliphatic carbocycles. The van der Waals surface area contributed by atoms with Gasteiger partial charge in [-0.25, -0.2) is 0 Å². The number of carbonyl (C=O) groups is 1. The molecule has 1 amide bonds. The highest BCUT2D eigenvalue weighted by molar-refractivity contribution is 6.31. The van der Waals surface area contributed by atoms with Crippen molar-refractivity contribution in [1.29, 1.82) is 0 Å². The van der Waals surface area contributed by atoms with E-state index >= 15 is 0 Å². The molecule has 1 aromatic heterocycles. The van der Waals surface area contributed by atoms with Gasteiger partial charge in [0.1, 0.15) is 0 Å². The van der Waals surface area contributed by atoms with Gasteiger partial charge in [-0.1, -0.05) is 48.0 Å². The van der Waals surface area contributed by atoms with Crippen LogP contribution >= 0.6 is 11.6 Å². The SMILES string of the molecule is Cc1c(Cl)cccc1NC(=O)c1cncc(NCCCc2ccccc2)c1. The van der Waals surface area contributed by atoms with Gasteiger partial charge in [-0.2, -0.15) is 0 Å². The van der Waals surface area contributed by atoms with Crippen LogP contribution in [0.25, 0.3) is 0 Å². The highest BCUT2D eigenvalue weighted by Gasteiger charge is 2.10. The Morgan fingerprint density at radius 3 is 2.70 bits per heavy atom. The van der Waals surface area contributed by atoms with Crippen LogP contribution in [0.2, 0.25) is 5.02 Å². The summed E-state index contributed by atoms with van der Waals surface area (Å²) in [7, 11) is 0. The highest BCUT2D eigenvalue weighted by atomic mass is 35.5. The lowest BCUT2D eigenvalue weighted by Gasteiger charge is -2.11. The summed E-state index contributed by atoms with van der Waals surface area (Å²) in [5.74, 6) is -0.208. The van der Waals surface area contributed by atoms with Crippen LogP contribution in [0.5, 0.6) is 0 Å². The molecule has 0 atom stereocenters. The van der Waals surface area contributed by atoms with Gasteiger partial charge in [0.2, 0.25) is 0 Å². The van der Waals surface area contributed by atoms with Gasteiger partial charge >= 0.3 is 0 Å². The molecule has 4 nitrogen and oxygen atoms in total. The molecule has 0 radical (unpaired) electrons. The molecule has 0 spiro atoms. The summed E-state index contributed by atoms with van der Waals surface area (Å²) < 4.78 is 0. The minimum absolute atomic E-state index is 0.208. The van der Waals surface area contributed by atoms with Gasteiger partial charge in [0.05, 0.1) is 11.3 Å². The fourth-order valence-corrected chi connectivity index (χ4v) is 2.94. The van der Waals surface area contributed by atoms with Crippen LogP contribution in [0.4, 0.5) is 11.4 Å². The van der Waals surface area contributed by atoms with Crippen molar-refractivity contribution < 1.29 is 4.79 Å². The third-order valence-electron chi connectivity index (χ3n) is 4.33. The molecule has 27 heavy (non-hydrogen) atoms. The molecule has 5 heteroatoms. The lowest BCUT2D eigenvalue weighted by molar-refractivity contribution is 0.102. The van der Waals surface area contributed by atoms with Crippen molar-refractivity contribution in [2.75, 3.05) is 17.2 Å². The molecule has 138 valence electrons. The van der Waals surface area contributed by atoms with E-state index in [2.05, 4.69) is 39.9 Å². The molecule has 0 saturated heterocycles. The Kier molecular flexibility index (Phi) is 6.44. The van der Waals surface area contributed by atoms with E-state index in [0.29, 0.717) is 16.3 Å². The van der Waals surface area contributed by atoms with Crippen LogP contribution in [0.3, 0.4) is 0 Å². The van der Waals surface area contributed by atoms with E-state index in [1.165, 1.54) is 5.56 Å². The number of amides is 1. The average Bonchev–Trinajstić information content (AvgIpc) is 2.70. The lowest BCUT2D eigenvalue weighted by Crippen LogP contribution is -2.14. The van der Waals surface area contributed by atoms with E-state index in [1.807, 2.05) is 31.2 Å². The quantitative estimate of drug-likeness (QED) is 0.545. The fourth-order valence-electron chi connectivity index (χ4n) is 2.77. The van der Waals surface area contributed by atoms with Crippen LogP contribution < -0.4 is 10.6 Å². The van der Waals surface area contributed by atoms with Gasteiger partial charge in [0, 0.05) is 29.6 Å². The summed E-state index contributed by atoms with van der Waals surface area (Å²) in [4.78, 5) is 16.7. The van der Waals surface area contributed by atoms with Crippen LogP contribution in [0.1, 0.15) is 27.9 Å². The summed E-state index contributed by atoms with van der Waals surface area (Å²) in [6.07, 6.45) is 5.30. The van der Waals surface area contributed by atoms with Gasteiger partial charge in [-0.3, -0.25) is 9.78 Å². The maximum Gasteiger partial charge on any atom is 0.257 e. The van der Waals surface area contributed by atoms with E-state index < -0.39 is 0 Å². The van der Waals surface area contributed by atoms with Crippen LogP contribution in [-0.2, 0) is 6.42 Å². The maximum absolute atomic E-state index is 12.5. The average molecular weight is 380 g/mol. The zero-order chi connectivity index (χ0) is 19.1. The molecule has 3 aromatic rings. The molecule has 2 N–H and O–H groups in total. The van der Waals surface area contributed by atoms with E-state index in [1.54, 1.807) is 18.5 Å². The Morgan fingerprint density at radius 2 is 1.89 bits per heavy atom. The molecule has 0 saturated carbocycles. The number of pyridine rings is 1. The molecule has 0 aliphatic heterocycles. The van der Waals surface area contributed by atoms with Crippen molar-refractivity contribution in [3.63, 3.8) is 0 Å². The van der Waals surface area contributed by atoms with Crippen molar-refractivity contribution >= 4 is 28.9 Å². The monoisotopic (exact) mass is 379 g/mol. The topological polar surface area (TPSA) is 54.0 Å². The van der Waals surface area contributed by atoms with Crippen LogP contribution in [-0.4, -0.2) is 17.4 Å². The van der Waals surface area contributed by atoms with Crippen molar-refractivity contribution in [2.45, 2.75) is 19.8 Å². The number of nitrogens with zero attached hydrogens (tertiary/aromatic N) is 1. The number of aryl methyl sites for hydroxylation is 1. The summed E-state index contributed by atoms with van der Waals surface area (Å²) >= 11 is 6.11. The maximum atomic E-state index is 12.5. The third-order valence-corrected chi connectivity index (χ3v) is 4.74. The van der Waals surface area contributed by atoms with Gasteiger partial charge in [-0.15, -0.1) is 0 Å². The van der Waals surface area contributed by atoms with Crippen LogP contribution in [0, 0.1) is 6.92 Å². The highest BCUT2D eigenvalue weighted by Crippen LogP contribution is 2.23. The second kappa shape index (κ2) is 9.19. The molecular weight excluding hydrogens is 358 g/mol. The first-order chi connectivity index (χ1) is 13.1. The van der Waals surface area contributed by atoms with Crippen molar-refractivity contribution in [3.05, 3.63) is 88.7 Å². The number of halogens is 1. The Balaban J connectivity index is 1.56. The van der Waals surface area contributed by atoms with Gasteiger partial charge in [-0.05, 0) is 49.1 Å². The molecule has 1 heterocycles. The van der Waals surface area contributed by atoms with Crippen molar-refractivity contribution in [3.8, 4) is 0 Å². The predicted molar refractivity (Wildman–Crippen MR) is 112 cm³/mol. The fraction of sp³-hybridized carbons (Fsp3) is 0.182. The summed E-state index contributed by atoms with van der Waals surface area (Å²) in [6.45, 7) is 2.69. The van der Waals surface area contributed by atoms with Gasteiger partial charge in [0.15, 0.2) is 0 Å². The number of anilines is 2. The Morgan fingerprint density at radius 1 is 1.07 bits per heavy atom. The Labute approximate surface area is 164 Å². The molecular formula is C22H22ClN3O. The van der Waals surface area contributed by atoms with Crippen molar-refractivity contribution in [2.24, 2.45) is 0 Å². The number of carbonyl (C=O) groups excluding carboxylic acids is 1. The Bertz CT molecular complexity index is 912. The normalized spacial score (nSPS) is 10.4. The third kappa shape index (κ3) is 5.31. The molecule has 0 fully saturated rings. The van der Waals surface area contributed by atoms with E-state index in [0.717, 1.165) is 30.6 Å². The van der Waals surface area contributed by atoms with E-state index in [9.17, 15) is 4.79 Å². The summed E-state index contributed by atoms with van der Waals surface area (Å²) in [6, 6.07) is 17.6. The number of aromatic nitrogens is 1. The molecule has 3 rings (SSSR count). The van der Waals surface area contributed by atoms with Gasteiger partial charge in [0.25, 0.3) is 5.91 Å². The van der Waals surface area contributed by atoms with Crippen LogP contribution in [0.15, 0.2) is 67.0 Å².